The zero-order valence-electron chi connectivity index (χ0n) is 21.4. The van der Waals surface area contributed by atoms with E-state index in [1.807, 2.05) is 0 Å². The lowest BCUT2D eigenvalue weighted by Gasteiger charge is -2.20. The molecule has 1 aliphatic rings. The number of carbonyl (C=O) groups is 2. The van der Waals surface area contributed by atoms with E-state index >= 15 is 0 Å². The molecule has 11 nitrogen and oxygen atoms in total. The van der Waals surface area contributed by atoms with Crippen LogP contribution in [0.4, 0.5) is 17.2 Å². The van der Waals surface area contributed by atoms with E-state index < -0.39 is 23.9 Å². The van der Waals surface area contributed by atoms with E-state index in [4.69, 9.17) is 14.2 Å². The zero-order chi connectivity index (χ0) is 27.8. The molecule has 1 N–H and O–H groups in total. The third-order valence-corrected chi connectivity index (χ3v) is 6.74. The summed E-state index contributed by atoms with van der Waals surface area (Å²) in [5.74, 6) is -0.158. The fraction of sp³-hybridized carbons (Fsp3) is 0.296. The van der Waals surface area contributed by atoms with Crippen LogP contribution in [0.25, 0.3) is 0 Å². The minimum atomic E-state index is -0.530. The highest BCUT2D eigenvalue weighted by molar-refractivity contribution is 8.00. The first-order valence-corrected chi connectivity index (χ1v) is 13.3. The number of carbonyl (C=O) groups excluding carboxylic acids is 2. The van der Waals surface area contributed by atoms with Crippen LogP contribution in [0.1, 0.15) is 40.8 Å². The van der Waals surface area contributed by atoms with Gasteiger partial charge in [-0.25, -0.2) is 19.4 Å². The zero-order valence-corrected chi connectivity index (χ0v) is 22.2. The molecule has 1 fully saturated rings. The van der Waals surface area contributed by atoms with E-state index in [9.17, 15) is 19.5 Å². The average molecular weight is 553 g/mol. The maximum atomic E-state index is 12.6. The number of ether oxygens (including phenoxy) is 3. The molecule has 0 spiro atoms. The molecule has 4 rings (SSSR count). The lowest BCUT2D eigenvalue weighted by Crippen LogP contribution is -2.28. The summed E-state index contributed by atoms with van der Waals surface area (Å²) in [5.41, 5.74) is 1.22. The molecule has 1 aromatic heterocycles. The van der Waals surface area contributed by atoms with Crippen molar-refractivity contribution in [2.24, 2.45) is 4.99 Å². The number of thioether (sulfide) groups is 1. The number of esters is 2. The van der Waals surface area contributed by atoms with Crippen LogP contribution in [0, 0.1) is 0 Å². The molecule has 12 heteroatoms. The van der Waals surface area contributed by atoms with Crippen molar-refractivity contribution in [3.05, 3.63) is 82.4 Å². The molecular formula is C27H28N4O7S. The van der Waals surface area contributed by atoms with Crippen molar-refractivity contribution in [2.45, 2.75) is 25.5 Å². The number of aliphatic imine (C=N–C) groups is 1. The molecule has 3 aromatic rings. The lowest BCUT2D eigenvalue weighted by molar-refractivity contribution is -0.00630. The average Bonchev–Trinajstić information content (AvgIpc) is 3.43. The van der Waals surface area contributed by atoms with Crippen LogP contribution in [0.5, 0.6) is 0 Å². The van der Waals surface area contributed by atoms with Crippen LogP contribution in [-0.2, 0) is 14.2 Å². The second-order valence-electron chi connectivity index (χ2n) is 8.16. The number of aliphatic hydroxyl groups excluding tert-OH is 1. The van der Waals surface area contributed by atoms with Gasteiger partial charge in [0.2, 0.25) is 0 Å². The van der Waals surface area contributed by atoms with Crippen LogP contribution < -0.4 is 10.6 Å². The lowest BCUT2D eigenvalue weighted by atomic mass is 10.1. The summed E-state index contributed by atoms with van der Waals surface area (Å²) in [6.45, 7) is 3.88. The molecule has 2 heterocycles. The van der Waals surface area contributed by atoms with Crippen LogP contribution in [0.15, 0.2) is 70.6 Å². The number of nitrogens with zero attached hydrogens (tertiary/aromatic N) is 4. The minimum Gasteiger partial charge on any atom is -0.462 e. The summed E-state index contributed by atoms with van der Waals surface area (Å²) >= 11 is 1.42. The summed E-state index contributed by atoms with van der Waals surface area (Å²) in [6, 6.07) is 15.1. The highest BCUT2D eigenvalue weighted by Crippen LogP contribution is 2.30. The fourth-order valence-corrected chi connectivity index (χ4v) is 4.65. The van der Waals surface area contributed by atoms with E-state index in [1.54, 1.807) is 79.5 Å². The van der Waals surface area contributed by atoms with Crippen molar-refractivity contribution in [1.82, 2.24) is 9.55 Å². The smallest absolute Gasteiger partial charge is 0.351 e. The molecule has 2 atom stereocenters. The van der Waals surface area contributed by atoms with Crippen molar-refractivity contribution in [3.8, 4) is 0 Å². The van der Waals surface area contributed by atoms with Crippen molar-refractivity contribution in [2.75, 3.05) is 30.5 Å². The normalized spacial score (nSPS) is 16.8. The van der Waals surface area contributed by atoms with Crippen LogP contribution in [0.3, 0.4) is 0 Å². The molecular weight excluding hydrogens is 524 g/mol. The molecule has 204 valence electrons. The van der Waals surface area contributed by atoms with Gasteiger partial charge in [-0.2, -0.15) is 4.98 Å². The molecule has 1 saturated heterocycles. The van der Waals surface area contributed by atoms with Gasteiger partial charge in [-0.15, -0.1) is 11.8 Å². The predicted molar refractivity (Wildman–Crippen MR) is 147 cm³/mol. The highest BCUT2D eigenvalue weighted by atomic mass is 32.2. The Balaban J connectivity index is 1.61. The van der Waals surface area contributed by atoms with E-state index in [0.717, 1.165) is 0 Å². The van der Waals surface area contributed by atoms with Gasteiger partial charge in [-0.3, -0.25) is 4.57 Å². The Kier molecular flexibility index (Phi) is 9.47. The van der Waals surface area contributed by atoms with Gasteiger partial charge in [0.05, 0.1) is 30.9 Å². The van der Waals surface area contributed by atoms with Crippen molar-refractivity contribution < 1.29 is 28.9 Å². The minimum absolute atomic E-state index is 0.136. The molecule has 0 aliphatic carbocycles. The molecule has 0 radical (unpaired) electrons. The molecule has 2 aromatic carbocycles. The number of benzene rings is 2. The van der Waals surface area contributed by atoms with Gasteiger partial charge >= 0.3 is 17.6 Å². The first-order chi connectivity index (χ1) is 18.9. The van der Waals surface area contributed by atoms with Crippen LogP contribution >= 0.6 is 11.8 Å². The number of aliphatic hydroxyl groups is 1. The summed E-state index contributed by atoms with van der Waals surface area (Å²) in [6.07, 6.45) is 2.53. The molecule has 0 unspecified atom stereocenters. The highest BCUT2D eigenvalue weighted by Gasteiger charge is 2.27. The van der Waals surface area contributed by atoms with Gasteiger partial charge in [0.1, 0.15) is 18.0 Å². The van der Waals surface area contributed by atoms with Gasteiger partial charge in [0, 0.05) is 23.3 Å². The predicted octanol–water partition coefficient (Wildman–Crippen LogP) is 3.68. The van der Waals surface area contributed by atoms with Crippen molar-refractivity contribution in [3.63, 3.8) is 0 Å². The third kappa shape index (κ3) is 6.91. The van der Waals surface area contributed by atoms with Crippen molar-refractivity contribution in [1.29, 1.82) is 0 Å². The van der Waals surface area contributed by atoms with E-state index in [0.29, 0.717) is 28.3 Å². The Bertz CT molecular complexity index is 1310. The van der Waals surface area contributed by atoms with Gasteiger partial charge < -0.3 is 24.2 Å². The number of aromatic nitrogens is 2. The fourth-order valence-electron chi connectivity index (χ4n) is 3.72. The van der Waals surface area contributed by atoms with Gasteiger partial charge in [-0.1, -0.05) is 0 Å². The van der Waals surface area contributed by atoms with E-state index in [-0.39, 0.29) is 31.1 Å². The van der Waals surface area contributed by atoms with Crippen molar-refractivity contribution >= 4 is 47.2 Å². The summed E-state index contributed by atoms with van der Waals surface area (Å²) < 4.78 is 17.1. The number of hydrogen-bond acceptors (Lipinski definition) is 10. The third-order valence-electron chi connectivity index (χ3n) is 5.63. The van der Waals surface area contributed by atoms with Crippen LogP contribution in [-0.4, -0.2) is 63.9 Å². The Morgan fingerprint density at radius 1 is 1.05 bits per heavy atom. The Morgan fingerprint density at radius 2 is 1.62 bits per heavy atom. The number of rotatable bonds is 10. The summed E-state index contributed by atoms with van der Waals surface area (Å²) in [4.78, 5) is 47.0. The molecule has 0 bridgehead atoms. The topological polar surface area (TPSA) is 133 Å². The van der Waals surface area contributed by atoms with Gasteiger partial charge in [0.15, 0.2) is 5.82 Å². The Morgan fingerprint density at radius 3 is 2.08 bits per heavy atom. The second kappa shape index (κ2) is 13.2. The second-order valence-corrected chi connectivity index (χ2v) is 9.35. The Labute approximate surface area is 229 Å². The SMILES string of the molecule is CCOC(=O)c1ccc(N(C=Nc2ccn([C@@H]3CS[C@H](CO)O3)c(=O)n2)c2ccc(C(=O)OCC)cc2)cc1. The molecule has 0 amide bonds. The van der Waals surface area contributed by atoms with Gasteiger partial charge in [-0.05, 0) is 68.4 Å². The molecule has 39 heavy (non-hydrogen) atoms. The van der Waals surface area contributed by atoms with E-state index in [1.165, 1.54) is 22.7 Å². The van der Waals surface area contributed by atoms with Crippen LogP contribution in [0.2, 0.25) is 0 Å². The van der Waals surface area contributed by atoms with E-state index in [2.05, 4.69) is 9.98 Å². The van der Waals surface area contributed by atoms with Gasteiger partial charge in [0.25, 0.3) is 0 Å². The molecule has 1 aliphatic heterocycles. The summed E-state index contributed by atoms with van der Waals surface area (Å²) in [5, 5.41) is 9.27. The maximum absolute atomic E-state index is 12.6. The largest absolute Gasteiger partial charge is 0.462 e. The number of hydrogen-bond donors (Lipinski definition) is 1. The number of anilines is 2. The standard InChI is InChI=1S/C27H28N4O7S/c1-3-36-25(33)18-5-9-20(10-6-18)31(21-11-7-19(8-12-21)26(34)37-4-2)17-28-22-13-14-30(27(35)29-22)23-16-39-24(15-32)38-23/h5-14,17,23-24,32H,3-4,15-16H2,1-2H3/t23-,24+/m0/s1. The Hall–Kier alpha value is -4.00. The molecule has 0 saturated carbocycles. The summed E-state index contributed by atoms with van der Waals surface area (Å²) in [7, 11) is 0. The first kappa shape index (κ1) is 28.0. The maximum Gasteiger partial charge on any atom is 0.351 e. The first-order valence-electron chi connectivity index (χ1n) is 12.3. The monoisotopic (exact) mass is 552 g/mol. The quantitative estimate of drug-likeness (QED) is 0.226.